The molecule has 0 bridgehead atoms. The van der Waals surface area contributed by atoms with Crippen LogP contribution in [0.3, 0.4) is 0 Å². The average molecular weight is 379 g/mol. The first-order valence-electron chi connectivity index (χ1n) is 9.62. The number of ether oxygens (including phenoxy) is 1. The second kappa shape index (κ2) is 9.47. The van der Waals surface area contributed by atoms with Crippen molar-refractivity contribution < 1.29 is 24.5 Å². The van der Waals surface area contributed by atoms with Gasteiger partial charge in [-0.25, -0.2) is 4.79 Å². The van der Waals surface area contributed by atoms with Gasteiger partial charge in [0, 0.05) is 23.3 Å². The van der Waals surface area contributed by atoms with Crippen LogP contribution in [0.15, 0.2) is 36.5 Å². The lowest BCUT2D eigenvalue weighted by atomic mass is 9.79. The Balaban J connectivity index is 3.29. The van der Waals surface area contributed by atoms with E-state index in [1.54, 1.807) is 13.8 Å². The number of carbonyl (C=O) groups excluding carboxylic acids is 2. The van der Waals surface area contributed by atoms with Crippen LogP contribution < -0.4 is 0 Å². The molecule has 0 aromatic carbocycles. The van der Waals surface area contributed by atoms with E-state index in [4.69, 9.17) is 4.74 Å². The molecule has 0 aromatic rings. The fourth-order valence-electron chi connectivity index (χ4n) is 3.65. The summed E-state index contributed by atoms with van der Waals surface area (Å²) >= 11 is 0. The highest BCUT2D eigenvalue weighted by atomic mass is 16.5. The summed E-state index contributed by atoms with van der Waals surface area (Å²) in [7, 11) is 0. The molecular formula is C22H34O5. The summed E-state index contributed by atoms with van der Waals surface area (Å²) in [4.78, 5) is 25.2. The minimum atomic E-state index is -1.23. The smallest absolute Gasteiger partial charge is 0.336 e. The predicted octanol–water partition coefficient (Wildman–Crippen LogP) is 3.22. The topological polar surface area (TPSA) is 83.8 Å². The fourth-order valence-corrected chi connectivity index (χ4v) is 3.65. The summed E-state index contributed by atoms with van der Waals surface area (Å²) in [6.07, 6.45) is -1.70. The van der Waals surface area contributed by atoms with Crippen LogP contribution in [-0.4, -0.2) is 40.3 Å². The van der Waals surface area contributed by atoms with Crippen LogP contribution in [0.25, 0.3) is 0 Å². The van der Waals surface area contributed by atoms with Gasteiger partial charge < -0.3 is 14.9 Å². The average Bonchev–Trinajstić information content (AvgIpc) is 2.66. The van der Waals surface area contributed by atoms with Crippen molar-refractivity contribution in [3.63, 3.8) is 0 Å². The first-order chi connectivity index (χ1) is 12.4. The van der Waals surface area contributed by atoms with E-state index in [1.165, 1.54) is 0 Å². The number of allylic oxidation sites excluding steroid dienone is 1. The Morgan fingerprint density at radius 1 is 1.04 bits per heavy atom. The molecule has 1 saturated heterocycles. The molecule has 0 radical (unpaired) electrons. The summed E-state index contributed by atoms with van der Waals surface area (Å²) in [6, 6.07) is 0. The van der Waals surface area contributed by atoms with Crippen LogP contribution in [0, 0.1) is 23.7 Å². The van der Waals surface area contributed by atoms with Gasteiger partial charge in [0.05, 0.1) is 17.8 Å². The van der Waals surface area contributed by atoms with Crippen molar-refractivity contribution in [3.8, 4) is 0 Å². The molecule has 0 aromatic heterocycles. The van der Waals surface area contributed by atoms with E-state index in [2.05, 4.69) is 19.7 Å². The van der Waals surface area contributed by atoms with Gasteiger partial charge in [-0.05, 0) is 24.3 Å². The Bertz CT molecular complexity index is 620. The Kier molecular flexibility index (Phi) is 8.18. The zero-order valence-corrected chi connectivity index (χ0v) is 17.2. The minimum Gasteiger partial charge on any atom is -0.458 e. The molecule has 0 saturated carbocycles. The van der Waals surface area contributed by atoms with E-state index < -0.39 is 30.2 Å². The standard InChI is InChI=1S/C22H34O5/c1-9-18-14(5)13(4)15(6)19(23)11(2)10-12(3)20(24)16(7)21(25)17(8)22(26)27-18/h11-12,14,16,18,20-21,24-25H,4,6,8-10H2,1-3,5,7H3/t11-,12+,14-,16-,18-,20+,21+/m1/s1. The highest BCUT2D eigenvalue weighted by molar-refractivity contribution is 6.00. The molecule has 0 spiro atoms. The molecule has 27 heavy (non-hydrogen) atoms. The van der Waals surface area contributed by atoms with Gasteiger partial charge in [-0.1, -0.05) is 54.4 Å². The number of ketones is 1. The van der Waals surface area contributed by atoms with Crippen LogP contribution in [-0.2, 0) is 14.3 Å². The van der Waals surface area contributed by atoms with Gasteiger partial charge in [0.1, 0.15) is 6.10 Å². The number of aliphatic hydroxyl groups excluding tert-OH is 2. The molecule has 7 atom stereocenters. The van der Waals surface area contributed by atoms with E-state index in [0.29, 0.717) is 24.0 Å². The number of hydrogen-bond donors (Lipinski definition) is 2. The fraction of sp³-hybridized carbons (Fsp3) is 0.636. The van der Waals surface area contributed by atoms with Crippen molar-refractivity contribution in [2.75, 3.05) is 0 Å². The molecule has 1 aliphatic rings. The van der Waals surface area contributed by atoms with E-state index in [9.17, 15) is 19.8 Å². The zero-order valence-electron chi connectivity index (χ0n) is 17.2. The van der Waals surface area contributed by atoms with Gasteiger partial charge in [-0.3, -0.25) is 4.79 Å². The quantitative estimate of drug-likeness (QED) is 0.541. The number of carbonyl (C=O) groups is 2. The number of Topliss-reactive ketones (excluding diaryl/α,β-unsaturated/α-hetero) is 1. The van der Waals surface area contributed by atoms with Crippen molar-refractivity contribution in [2.24, 2.45) is 23.7 Å². The molecule has 152 valence electrons. The lowest BCUT2D eigenvalue weighted by Gasteiger charge is -2.32. The molecule has 1 rings (SSSR count). The molecular weight excluding hydrogens is 344 g/mol. The normalized spacial score (nSPS) is 37.7. The van der Waals surface area contributed by atoms with Crippen LogP contribution in [0.5, 0.6) is 0 Å². The predicted molar refractivity (Wildman–Crippen MR) is 106 cm³/mol. The molecule has 2 N–H and O–H groups in total. The van der Waals surface area contributed by atoms with E-state index >= 15 is 0 Å². The molecule has 0 unspecified atom stereocenters. The number of aliphatic hydroxyl groups is 2. The number of cyclic esters (lactones) is 1. The van der Waals surface area contributed by atoms with Crippen LogP contribution in [0.2, 0.25) is 0 Å². The molecule has 5 heteroatoms. The summed E-state index contributed by atoms with van der Waals surface area (Å²) in [6.45, 7) is 20.6. The maximum Gasteiger partial charge on any atom is 0.336 e. The Morgan fingerprint density at radius 3 is 2.11 bits per heavy atom. The monoisotopic (exact) mass is 378 g/mol. The Labute approximate surface area is 162 Å². The Morgan fingerprint density at radius 2 is 1.59 bits per heavy atom. The molecule has 1 aliphatic heterocycles. The first kappa shape index (κ1) is 23.3. The van der Waals surface area contributed by atoms with Gasteiger partial charge in [-0.15, -0.1) is 0 Å². The molecule has 0 amide bonds. The molecule has 5 nitrogen and oxygen atoms in total. The minimum absolute atomic E-state index is 0.0787. The van der Waals surface area contributed by atoms with Gasteiger partial charge in [0.2, 0.25) is 0 Å². The van der Waals surface area contributed by atoms with E-state index in [-0.39, 0.29) is 29.1 Å². The number of rotatable bonds is 1. The largest absolute Gasteiger partial charge is 0.458 e. The van der Waals surface area contributed by atoms with Crippen molar-refractivity contribution in [3.05, 3.63) is 36.5 Å². The lowest BCUT2D eigenvalue weighted by Crippen LogP contribution is -2.39. The van der Waals surface area contributed by atoms with Crippen molar-refractivity contribution in [2.45, 2.75) is 65.8 Å². The highest BCUT2D eigenvalue weighted by Crippen LogP contribution is 2.31. The summed E-state index contributed by atoms with van der Waals surface area (Å²) in [5.41, 5.74) is 0.788. The molecule has 0 aliphatic carbocycles. The summed E-state index contributed by atoms with van der Waals surface area (Å²) < 4.78 is 5.54. The molecule has 1 fully saturated rings. The van der Waals surface area contributed by atoms with Crippen molar-refractivity contribution >= 4 is 11.8 Å². The lowest BCUT2D eigenvalue weighted by molar-refractivity contribution is -0.148. The maximum atomic E-state index is 12.8. The third-order valence-corrected chi connectivity index (χ3v) is 5.87. The SMILES string of the molecule is C=C1C(=C)[C@@H](C)[C@@H](CC)OC(=O)C(=C)[C@@H](O)[C@H](C)[C@@H](O)[C@@H](C)C[C@@H](C)C1=O. The van der Waals surface area contributed by atoms with Crippen LogP contribution in [0.1, 0.15) is 47.5 Å². The molecule has 1 heterocycles. The number of esters is 1. The second-order valence-corrected chi connectivity index (χ2v) is 7.94. The third kappa shape index (κ3) is 5.17. The Hall–Kier alpha value is -1.72. The van der Waals surface area contributed by atoms with Gasteiger partial charge in [0.25, 0.3) is 0 Å². The van der Waals surface area contributed by atoms with Crippen molar-refractivity contribution in [1.82, 2.24) is 0 Å². The van der Waals surface area contributed by atoms with Crippen LogP contribution >= 0.6 is 0 Å². The second-order valence-electron chi connectivity index (χ2n) is 7.94. The van der Waals surface area contributed by atoms with Gasteiger partial charge in [-0.2, -0.15) is 0 Å². The van der Waals surface area contributed by atoms with E-state index in [0.717, 1.165) is 0 Å². The van der Waals surface area contributed by atoms with Gasteiger partial charge >= 0.3 is 5.97 Å². The summed E-state index contributed by atoms with van der Waals surface area (Å²) in [5.74, 6) is -2.35. The van der Waals surface area contributed by atoms with Gasteiger partial charge in [0.15, 0.2) is 5.78 Å². The van der Waals surface area contributed by atoms with Crippen molar-refractivity contribution in [1.29, 1.82) is 0 Å². The number of hydrogen-bond acceptors (Lipinski definition) is 5. The van der Waals surface area contributed by atoms with E-state index in [1.807, 2.05) is 20.8 Å². The zero-order chi connectivity index (χ0) is 21.0. The van der Waals surface area contributed by atoms with Crippen LogP contribution in [0.4, 0.5) is 0 Å². The third-order valence-electron chi connectivity index (χ3n) is 5.87. The first-order valence-corrected chi connectivity index (χ1v) is 9.62. The maximum absolute atomic E-state index is 12.8. The summed E-state index contributed by atoms with van der Waals surface area (Å²) in [5, 5.41) is 21.1. The highest BCUT2D eigenvalue weighted by Gasteiger charge is 2.35.